The lowest BCUT2D eigenvalue weighted by Crippen LogP contribution is -2.16. The lowest BCUT2D eigenvalue weighted by atomic mass is 10.1. The second kappa shape index (κ2) is 12.6. The molecular formula is C24H28N4O7S2. The van der Waals surface area contributed by atoms with E-state index in [1.165, 1.54) is 11.8 Å². The van der Waals surface area contributed by atoms with E-state index in [0.29, 0.717) is 28.0 Å². The number of carbonyl (C=O) groups is 3. The summed E-state index contributed by atoms with van der Waals surface area (Å²) in [6, 6.07) is 5.41. The van der Waals surface area contributed by atoms with Gasteiger partial charge < -0.3 is 28.8 Å². The minimum atomic E-state index is -0.623. The van der Waals surface area contributed by atoms with E-state index >= 15 is 0 Å². The SMILES string of the molecule is CCOC(=O)c1sc(NC(=O)CSc2nnc(-c3ccc(OC)c(OC)c3)n2C)c(C(=O)OCC)c1C. The number of nitrogens with one attached hydrogen (secondary N) is 1. The van der Waals surface area contributed by atoms with Gasteiger partial charge in [-0.2, -0.15) is 0 Å². The fourth-order valence-electron chi connectivity index (χ4n) is 3.40. The first kappa shape index (κ1) is 28.0. The van der Waals surface area contributed by atoms with E-state index in [0.717, 1.165) is 16.9 Å². The van der Waals surface area contributed by atoms with Gasteiger partial charge in [-0.1, -0.05) is 11.8 Å². The van der Waals surface area contributed by atoms with Crippen molar-refractivity contribution in [3.05, 3.63) is 34.2 Å². The highest BCUT2D eigenvalue weighted by atomic mass is 32.2. The third-order valence-electron chi connectivity index (χ3n) is 5.15. The van der Waals surface area contributed by atoms with Crippen molar-refractivity contribution in [1.29, 1.82) is 0 Å². The Morgan fingerprint density at radius 2 is 1.70 bits per heavy atom. The van der Waals surface area contributed by atoms with Gasteiger partial charge >= 0.3 is 11.9 Å². The molecule has 0 atom stereocenters. The third kappa shape index (κ3) is 6.23. The Hall–Kier alpha value is -3.58. The van der Waals surface area contributed by atoms with Gasteiger partial charge in [0.2, 0.25) is 5.91 Å². The number of thiophene rings is 1. The number of nitrogens with zero attached hydrogens (tertiary/aromatic N) is 3. The highest BCUT2D eigenvalue weighted by Gasteiger charge is 2.27. The van der Waals surface area contributed by atoms with Crippen LogP contribution in [0.4, 0.5) is 5.00 Å². The Bertz CT molecular complexity index is 1300. The predicted octanol–water partition coefficient (Wildman–Crippen LogP) is 3.95. The minimum absolute atomic E-state index is 0.00808. The number of rotatable bonds is 11. The molecule has 1 amide bonds. The summed E-state index contributed by atoms with van der Waals surface area (Å²) in [6.07, 6.45) is 0. The second-order valence-electron chi connectivity index (χ2n) is 7.47. The molecule has 11 nitrogen and oxygen atoms in total. The first-order valence-electron chi connectivity index (χ1n) is 11.3. The molecule has 198 valence electrons. The summed E-state index contributed by atoms with van der Waals surface area (Å²) in [5.41, 5.74) is 1.31. The summed E-state index contributed by atoms with van der Waals surface area (Å²) in [6.45, 7) is 5.33. The third-order valence-corrected chi connectivity index (χ3v) is 7.36. The molecular weight excluding hydrogens is 520 g/mol. The Kier molecular flexibility index (Phi) is 9.53. The van der Waals surface area contributed by atoms with Crippen LogP contribution in [0.5, 0.6) is 11.5 Å². The average Bonchev–Trinajstić information content (AvgIpc) is 3.41. The van der Waals surface area contributed by atoms with Crippen LogP contribution in [0.3, 0.4) is 0 Å². The van der Waals surface area contributed by atoms with Crippen molar-refractivity contribution >= 4 is 45.9 Å². The van der Waals surface area contributed by atoms with E-state index in [2.05, 4.69) is 15.5 Å². The van der Waals surface area contributed by atoms with Gasteiger partial charge in [0.15, 0.2) is 22.5 Å². The first-order chi connectivity index (χ1) is 17.7. The quantitative estimate of drug-likeness (QED) is 0.277. The molecule has 0 saturated heterocycles. The van der Waals surface area contributed by atoms with Crippen molar-refractivity contribution in [2.24, 2.45) is 7.05 Å². The molecule has 0 radical (unpaired) electrons. The predicted molar refractivity (Wildman–Crippen MR) is 140 cm³/mol. The number of thioether (sulfide) groups is 1. The topological polar surface area (TPSA) is 131 Å². The molecule has 0 aliphatic carbocycles. The standard InChI is InChI=1S/C24H28N4O7S2/c1-7-34-22(30)18-13(3)19(23(31)35-8-2)37-21(18)25-17(29)12-36-24-27-26-20(28(24)4)14-9-10-15(32-5)16(11-14)33-6/h9-11H,7-8,12H2,1-6H3,(H,25,29). The van der Waals surface area contributed by atoms with Crippen molar-refractivity contribution in [1.82, 2.24) is 14.8 Å². The number of hydrogen-bond acceptors (Lipinski definition) is 11. The molecule has 13 heteroatoms. The number of hydrogen-bond donors (Lipinski definition) is 1. The Balaban J connectivity index is 1.76. The number of methoxy groups -OCH3 is 2. The molecule has 37 heavy (non-hydrogen) atoms. The molecule has 1 aromatic carbocycles. The maximum Gasteiger partial charge on any atom is 0.348 e. The smallest absolute Gasteiger partial charge is 0.348 e. The molecule has 0 spiro atoms. The van der Waals surface area contributed by atoms with Crippen molar-refractivity contribution in [2.75, 3.05) is 38.5 Å². The monoisotopic (exact) mass is 548 g/mol. The first-order valence-corrected chi connectivity index (χ1v) is 13.1. The number of ether oxygens (including phenoxy) is 4. The van der Waals surface area contributed by atoms with E-state index in [4.69, 9.17) is 18.9 Å². The van der Waals surface area contributed by atoms with Crippen LogP contribution in [0.1, 0.15) is 39.4 Å². The van der Waals surface area contributed by atoms with E-state index in [-0.39, 0.29) is 40.3 Å². The lowest BCUT2D eigenvalue weighted by molar-refractivity contribution is -0.113. The Morgan fingerprint density at radius 3 is 2.35 bits per heavy atom. The number of amides is 1. The molecule has 0 aliphatic heterocycles. The zero-order valence-electron chi connectivity index (χ0n) is 21.4. The summed E-state index contributed by atoms with van der Waals surface area (Å²) in [5.74, 6) is 0.157. The van der Waals surface area contributed by atoms with Crippen LogP contribution in [0.2, 0.25) is 0 Å². The summed E-state index contributed by atoms with van der Waals surface area (Å²) in [5, 5.41) is 11.9. The summed E-state index contributed by atoms with van der Waals surface area (Å²) in [4.78, 5) is 37.9. The number of anilines is 1. The van der Waals surface area contributed by atoms with Gasteiger partial charge in [-0.05, 0) is 44.5 Å². The zero-order chi connectivity index (χ0) is 27.1. The van der Waals surface area contributed by atoms with Crippen LogP contribution in [-0.2, 0) is 21.3 Å². The van der Waals surface area contributed by atoms with E-state index < -0.39 is 11.9 Å². The molecule has 3 rings (SSSR count). The van der Waals surface area contributed by atoms with E-state index in [1.54, 1.807) is 58.7 Å². The molecule has 3 aromatic rings. The maximum atomic E-state index is 12.8. The molecule has 0 unspecified atom stereocenters. The molecule has 2 heterocycles. The van der Waals surface area contributed by atoms with Crippen LogP contribution in [-0.4, -0.2) is 65.8 Å². The fraction of sp³-hybridized carbons (Fsp3) is 0.375. The van der Waals surface area contributed by atoms with Crippen LogP contribution < -0.4 is 14.8 Å². The molecule has 0 saturated carbocycles. The molecule has 0 fully saturated rings. The highest BCUT2D eigenvalue weighted by Crippen LogP contribution is 2.35. The van der Waals surface area contributed by atoms with Gasteiger partial charge in [0.1, 0.15) is 9.88 Å². The number of benzene rings is 1. The normalized spacial score (nSPS) is 10.6. The Morgan fingerprint density at radius 1 is 1.03 bits per heavy atom. The van der Waals surface area contributed by atoms with Crippen molar-refractivity contribution < 1.29 is 33.3 Å². The lowest BCUT2D eigenvalue weighted by Gasteiger charge is -2.09. The highest BCUT2D eigenvalue weighted by molar-refractivity contribution is 7.99. The van der Waals surface area contributed by atoms with Gasteiger partial charge in [-0.3, -0.25) is 4.79 Å². The zero-order valence-corrected chi connectivity index (χ0v) is 23.0. The second-order valence-corrected chi connectivity index (χ2v) is 9.44. The number of esters is 2. The van der Waals surface area contributed by atoms with Gasteiger partial charge in [-0.15, -0.1) is 21.5 Å². The van der Waals surface area contributed by atoms with Crippen molar-refractivity contribution in [3.8, 4) is 22.9 Å². The number of aromatic nitrogens is 3. The number of carbonyl (C=O) groups excluding carboxylic acids is 3. The van der Waals surface area contributed by atoms with Gasteiger partial charge in [0.25, 0.3) is 0 Å². The van der Waals surface area contributed by atoms with Crippen LogP contribution in [0, 0.1) is 6.92 Å². The van der Waals surface area contributed by atoms with E-state index in [1.807, 2.05) is 6.07 Å². The largest absolute Gasteiger partial charge is 0.493 e. The molecule has 0 aliphatic rings. The fourth-order valence-corrected chi connectivity index (χ4v) is 5.22. The van der Waals surface area contributed by atoms with Crippen LogP contribution in [0.25, 0.3) is 11.4 Å². The van der Waals surface area contributed by atoms with Crippen LogP contribution in [0.15, 0.2) is 23.4 Å². The van der Waals surface area contributed by atoms with Gasteiger partial charge in [0.05, 0.1) is 38.7 Å². The molecule has 0 bridgehead atoms. The average molecular weight is 549 g/mol. The minimum Gasteiger partial charge on any atom is -0.493 e. The van der Waals surface area contributed by atoms with Gasteiger partial charge in [-0.25, -0.2) is 9.59 Å². The molecule has 1 N–H and O–H groups in total. The summed E-state index contributed by atoms with van der Waals surface area (Å²) in [7, 11) is 4.90. The summed E-state index contributed by atoms with van der Waals surface area (Å²) < 4.78 is 22.6. The Labute approximate surface area is 222 Å². The summed E-state index contributed by atoms with van der Waals surface area (Å²) >= 11 is 2.15. The van der Waals surface area contributed by atoms with Gasteiger partial charge in [0, 0.05) is 12.6 Å². The van der Waals surface area contributed by atoms with Crippen molar-refractivity contribution in [3.63, 3.8) is 0 Å². The molecule has 2 aromatic heterocycles. The van der Waals surface area contributed by atoms with E-state index in [9.17, 15) is 14.4 Å². The van der Waals surface area contributed by atoms with Crippen LogP contribution >= 0.6 is 23.1 Å². The maximum absolute atomic E-state index is 12.8. The van der Waals surface area contributed by atoms with Crippen molar-refractivity contribution in [2.45, 2.75) is 25.9 Å².